The number of nitrogens with one attached hydrogen (secondary N) is 2. The number of aromatic nitrogens is 2. The van der Waals surface area contributed by atoms with Crippen molar-refractivity contribution in [3.63, 3.8) is 0 Å². The number of pyridine rings is 1. The van der Waals surface area contributed by atoms with Gasteiger partial charge in [0, 0.05) is 68.0 Å². The highest BCUT2D eigenvalue weighted by Gasteiger charge is 2.18. The Morgan fingerprint density at radius 2 is 1.93 bits per heavy atom. The first-order valence-electron chi connectivity index (χ1n) is 9.90. The molecule has 146 valence electrons. The smallest absolute Gasteiger partial charge is 0.220 e. The van der Waals surface area contributed by atoms with Gasteiger partial charge in [0.25, 0.3) is 0 Å². The van der Waals surface area contributed by atoms with Crippen molar-refractivity contribution >= 4 is 22.6 Å². The Bertz CT molecular complexity index is 943. The second-order valence-corrected chi connectivity index (χ2v) is 7.41. The van der Waals surface area contributed by atoms with Crippen LogP contribution in [0.2, 0.25) is 0 Å². The van der Waals surface area contributed by atoms with Crippen LogP contribution in [-0.2, 0) is 17.8 Å². The normalized spacial score (nSPS) is 15.1. The number of aromatic amines is 1. The average molecular weight is 377 g/mol. The van der Waals surface area contributed by atoms with Crippen LogP contribution in [0.5, 0.6) is 0 Å². The largest absolute Gasteiger partial charge is 0.361 e. The van der Waals surface area contributed by atoms with Gasteiger partial charge in [-0.05, 0) is 31.2 Å². The number of hydrogen-bond donors (Lipinski definition) is 2. The summed E-state index contributed by atoms with van der Waals surface area (Å²) in [5.41, 5.74) is 3.38. The molecule has 6 heteroatoms. The number of nitrogens with zero attached hydrogens (tertiary/aromatic N) is 3. The number of fused-ring (bicyclic) bond motifs is 1. The van der Waals surface area contributed by atoms with Gasteiger partial charge < -0.3 is 20.1 Å². The predicted molar refractivity (Wildman–Crippen MR) is 112 cm³/mol. The van der Waals surface area contributed by atoms with E-state index in [1.807, 2.05) is 30.6 Å². The zero-order valence-electron chi connectivity index (χ0n) is 16.3. The molecule has 0 bridgehead atoms. The minimum atomic E-state index is 0.0680. The second kappa shape index (κ2) is 8.44. The molecule has 0 radical (unpaired) electrons. The van der Waals surface area contributed by atoms with Gasteiger partial charge in [0.2, 0.25) is 5.91 Å². The topological polar surface area (TPSA) is 64.3 Å². The lowest BCUT2D eigenvalue weighted by Gasteiger charge is -2.34. The van der Waals surface area contributed by atoms with E-state index in [9.17, 15) is 4.79 Å². The van der Waals surface area contributed by atoms with Crippen molar-refractivity contribution < 1.29 is 4.79 Å². The van der Waals surface area contributed by atoms with Gasteiger partial charge in [-0.3, -0.25) is 4.79 Å². The number of hydrogen-bond acceptors (Lipinski definition) is 4. The summed E-state index contributed by atoms with van der Waals surface area (Å²) in [5, 5.41) is 4.27. The molecule has 2 N–H and O–H groups in total. The van der Waals surface area contributed by atoms with Crippen LogP contribution < -0.4 is 10.2 Å². The third-order valence-corrected chi connectivity index (χ3v) is 5.44. The summed E-state index contributed by atoms with van der Waals surface area (Å²) in [4.78, 5) is 24.9. The summed E-state index contributed by atoms with van der Waals surface area (Å²) in [6.45, 7) is 4.52. The predicted octanol–water partition coefficient (Wildman–Crippen LogP) is 2.56. The van der Waals surface area contributed by atoms with Crippen molar-refractivity contribution in [1.29, 1.82) is 0 Å². The Hall–Kier alpha value is -2.86. The lowest BCUT2D eigenvalue weighted by molar-refractivity contribution is -0.121. The van der Waals surface area contributed by atoms with Crippen LogP contribution in [0.1, 0.15) is 17.5 Å². The first kappa shape index (κ1) is 18.5. The fraction of sp³-hybridized carbons (Fsp3) is 0.364. The summed E-state index contributed by atoms with van der Waals surface area (Å²) in [7, 11) is 2.14. The summed E-state index contributed by atoms with van der Waals surface area (Å²) in [6, 6.07) is 12.2. The van der Waals surface area contributed by atoms with E-state index < -0.39 is 0 Å². The fourth-order valence-corrected chi connectivity index (χ4v) is 3.74. The van der Waals surface area contributed by atoms with Crippen molar-refractivity contribution in [2.75, 3.05) is 38.1 Å². The molecule has 4 rings (SSSR count). The van der Waals surface area contributed by atoms with Crippen molar-refractivity contribution in [2.45, 2.75) is 19.4 Å². The molecular weight excluding hydrogens is 350 g/mol. The zero-order valence-corrected chi connectivity index (χ0v) is 16.3. The molecule has 1 aliphatic heterocycles. The molecule has 0 aliphatic carbocycles. The number of aryl methyl sites for hydroxylation is 1. The van der Waals surface area contributed by atoms with E-state index in [2.05, 4.69) is 50.3 Å². The standard InChI is InChI=1S/C22H27N5O/c1-26-11-13-27(14-12-26)22-18(5-4-10-23-22)16-25-21(28)9-8-17-15-24-20-7-3-2-6-19(17)20/h2-7,10,15,24H,8-9,11-14,16H2,1H3,(H,25,28). The van der Waals surface area contributed by atoms with Crippen LogP contribution in [0.4, 0.5) is 5.82 Å². The molecule has 0 atom stereocenters. The van der Waals surface area contributed by atoms with Gasteiger partial charge >= 0.3 is 0 Å². The Kier molecular flexibility index (Phi) is 5.58. The lowest BCUT2D eigenvalue weighted by atomic mass is 10.1. The van der Waals surface area contributed by atoms with Crippen molar-refractivity contribution in [1.82, 2.24) is 20.2 Å². The maximum atomic E-state index is 12.4. The first-order chi connectivity index (χ1) is 13.7. The van der Waals surface area contributed by atoms with Gasteiger partial charge in [-0.2, -0.15) is 0 Å². The van der Waals surface area contributed by atoms with Gasteiger partial charge in [-0.25, -0.2) is 4.98 Å². The number of amides is 1. The van der Waals surface area contributed by atoms with Gasteiger partial charge in [0.05, 0.1) is 0 Å². The van der Waals surface area contributed by atoms with E-state index in [4.69, 9.17) is 0 Å². The van der Waals surface area contributed by atoms with Crippen LogP contribution in [-0.4, -0.2) is 54.0 Å². The molecule has 3 aromatic rings. The highest BCUT2D eigenvalue weighted by atomic mass is 16.1. The first-order valence-corrected chi connectivity index (χ1v) is 9.90. The maximum Gasteiger partial charge on any atom is 0.220 e. The Labute approximate surface area is 165 Å². The summed E-state index contributed by atoms with van der Waals surface area (Å²) in [6.07, 6.45) is 5.04. The van der Waals surface area contributed by atoms with Gasteiger partial charge in [-0.1, -0.05) is 24.3 Å². The minimum Gasteiger partial charge on any atom is -0.361 e. The molecule has 3 heterocycles. The zero-order chi connectivity index (χ0) is 19.3. The van der Waals surface area contributed by atoms with E-state index in [0.29, 0.717) is 13.0 Å². The Morgan fingerprint density at radius 1 is 1.11 bits per heavy atom. The Balaban J connectivity index is 1.34. The van der Waals surface area contributed by atoms with Crippen molar-refractivity contribution in [3.05, 3.63) is 59.9 Å². The average Bonchev–Trinajstić information content (AvgIpc) is 3.15. The maximum absolute atomic E-state index is 12.4. The summed E-state index contributed by atoms with van der Waals surface area (Å²) >= 11 is 0. The Morgan fingerprint density at radius 3 is 2.79 bits per heavy atom. The molecule has 1 aliphatic rings. The van der Waals surface area contributed by atoms with Crippen LogP contribution in [0.3, 0.4) is 0 Å². The molecule has 0 unspecified atom stereocenters. The minimum absolute atomic E-state index is 0.0680. The number of para-hydroxylation sites is 1. The van der Waals surface area contributed by atoms with Crippen LogP contribution in [0.15, 0.2) is 48.8 Å². The number of benzene rings is 1. The van der Waals surface area contributed by atoms with Crippen LogP contribution in [0.25, 0.3) is 10.9 Å². The number of anilines is 1. The number of likely N-dealkylation sites (N-methyl/N-ethyl adjacent to an activating group) is 1. The number of rotatable bonds is 6. The van der Waals surface area contributed by atoms with Crippen molar-refractivity contribution in [3.8, 4) is 0 Å². The monoisotopic (exact) mass is 377 g/mol. The van der Waals surface area contributed by atoms with E-state index in [0.717, 1.165) is 49.5 Å². The number of H-pyrrole nitrogens is 1. The van der Waals surface area contributed by atoms with Crippen LogP contribution >= 0.6 is 0 Å². The molecule has 1 amide bonds. The van der Waals surface area contributed by atoms with E-state index in [-0.39, 0.29) is 5.91 Å². The molecule has 2 aromatic heterocycles. The third kappa shape index (κ3) is 4.17. The van der Waals surface area contributed by atoms with Gasteiger partial charge in [0.15, 0.2) is 0 Å². The second-order valence-electron chi connectivity index (χ2n) is 7.41. The molecule has 1 fully saturated rings. The van der Waals surface area contributed by atoms with Crippen LogP contribution in [0, 0.1) is 0 Å². The number of carbonyl (C=O) groups excluding carboxylic acids is 1. The number of carbonyl (C=O) groups is 1. The van der Waals surface area contributed by atoms with Gasteiger partial charge in [0.1, 0.15) is 5.82 Å². The quantitative estimate of drug-likeness (QED) is 0.693. The molecular formula is C22H27N5O. The van der Waals surface area contributed by atoms with Crippen molar-refractivity contribution in [2.24, 2.45) is 0 Å². The molecule has 28 heavy (non-hydrogen) atoms. The third-order valence-electron chi connectivity index (χ3n) is 5.44. The summed E-state index contributed by atoms with van der Waals surface area (Å²) in [5.74, 6) is 1.06. The molecule has 0 saturated carbocycles. The fourth-order valence-electron chi connectivity index (χ4n) is 3.74. The lowest BCUT2D eigenvalue weighted by Crippen LogP contribution is -2.45. The van der Waals surface area contributed by atoms with E-state index >= 15 is 0 Å². The summed E-state index contributed by atoms with van der Waals surface area (Å²) < 4.78 is 0. The SMILES string of the molecule is CN1CCN(c2ncccc2CNC(=O)CCc2c[nH]c3ccccc23)CC1. The highest BCUT2D eigenvalue weighted by molar-refractivity contribution is 5.84. The molecule has 1 aromatic carbocycles. The van der Waals surface area contributed by atoms with E-state index in [1.54, 1.807) is 0 Å². The van der Waals surface area contributed by atoms with Gasteiger partial charge in [-0.15, -0.1) is 0 Å². The number of piperazine rings is 1. The molecule has 1 saturated heterocycles. The molecule has 0 spiro atoms. The van der Waals surface area contributed by atoms with E-state index in [1.165, 1.54) is 10.9 Å². The highest BCUT2D eigenvalue weighted by Crippen LogP contribution is 2.20. The molecule has 6 nitrogen and oxygen atoms in total.